The van der Waals surface area contributed by atoms with E-state index in [-0.39, 0.29) is 41.5 Å². The molecule has 0 fully saturated rings. The molecule has 0 aliphatic carbocycles. The quantitative estimate of drug-likeness (QED) is 0.0394. The first-order chi connectivity index (χ1) is 38.9. The van der Waals surface area contributed by atoms with Crippen LogP contribution in [0.5, 0.6) is 17.2 Å². The second-order valence-corrected chi connectivity index (χ2v) is 20.2. The number of ether oxygens (including phenoxy) is 3. The number of nitrogens with two attached hydrogens (primary N) is 1. The number of ketones is 4. The van der Waals surface area contributed by atoms with Crippen molar-refractivity contribution in [3.8, 4) is 17.2 Å². The first-order valence-electron chi connectivity index (χ1n) is 24.2. The number of benzene rings is 6. The molecule has 0 saturated carbocycles. The Morgan fingerprint density at radius 3 is 1.09 bits per heavy atom. The van der Waals surface area contributed by atoms with Crippen molar-refractivity contribution in [2.24, 2.45) is 0 Å². The molecule has 0 aliphatic heterocycles. The number of amides is 1. The Morgan fingerprint density at radius 1 is 0.451 bits per heavy atom. The highest BCUT2D eigenvalue weighted by atomic mass is 35.5. The molecule has 23 nitrogen and oxygen atoms in total. The summed E-state index contributed by atoms with van der Waals surface area (Å²) in [7, 11) is 0. The molecule has 1 amide bonds. The van der Waals surface area contributed by atoms with Crippen molar-refractivity contribution >= 4 is 92.6 Å². The SMILES string of the molecule is CC(C)(Oc1ccc(C(=O)c2ccc(Cl)cc2)cc1)C(=O)Cc1nn[nH]n1.CC(C)(Oc1ccc(C(=O)c2ccc(Cl)cc2)cc1)C(=O)Cl.CC(C)(Oc1ccc(C(=O)c2ccc(Cl)cc2)cc1)C(=O)Nc1nn[nH]n1.Nc1nn[nH]n1. The Hall–Kier alpha value is -9.29. The molecular formula is C55H50Cl4N14O9. The van der Waals surface area contributed by atoms with Crippen molar-refractivity contribution in [2.75, 3.05) is 11.1 Å². The van der Waals surface area contributed by atoms with Crippen LogP contribution in [0.1, 0.15) is 95.1 Å². The average molecular weight is 1190 g/mol. The lowest BCUT2D eigenvalue weighted by molar-refractivity contribution is -0.131. The van der Waals surface area contributed by atoms with Crippen LogP contribution >= 0.6 is 46.4 Å². The van der Waals surface area contributed by atoms with E-state index in [1.165, 1.54) is 0 Å². The normalized spacial score (nSPS) is 11.0. The van der Waals surface area contributed by atoms with Gasteiger partial charge in [-0.3, -0.25) is 34.1 Å². The van der Waals surface area contributed by atoms with Crippen LogP contribution in [0, 0.1) is 0 Å². The van der Waals surface area contributed by atoms with Gasteiger partial charge in [-0.05, 0) is 209 Å². The molecule has 9 rings (SSSR count). The van der Waals surface area contributed by atoms with Crippen LogP contribution in [-0.4, -0.2) is 113 Å². The van der Waals surface area contributed by atoms with Crippen LogP contribution < -0.4 is 25.3 Å². The van der Waals surface area contributed by atoms with Crippen molar-refractivity contribution in [1.82, 2.24) is 61.9 Å². The van der Waals surface area contributed by atoms with Gasteiger partial charge in [0, 0.05) is 48.4 Å². The van der Waals surface area contributed by atoms with E-state index in [2.05, 4.69) is 67.2 Å². The van der Waals surface area contributed by atoms with Crippen molar-refractivity contribution in [1.29, 1.82) is 0 Å². The van der Waals surface area contributed by atoms with E-state index in [1.807, 2.05) is 0 Å². The number of aromatic nitrogens is 12. The van der Waals surface area contributed by atoms with Crippen LogP contribution in [-0.2, 0) is 20.8 Å². The van der Waals surface area contributed by atoms with Gasteiger partial charge in [-0.2, -0.15) is 15.6 Å². The molecule has 0 bridgehead atoms. The number of Topliss-reactive ketones (excluding diaryl/α,β-unsaturated/α-hetero) is 1. The number of tetrazole rings is 3. The molecule has 0 radical (unpaired) electrons. The Kier molecular flexibility index (Phi) is 21.3. The number of nitrogens with zero attached hydrogens (tertiary/aromatic N) is 9. The smallest absolute Gasteiger partial charge is 0.270 e. The van der Waals surface area contributed by atoms with Crippen LogP contribution in [0.2, 0.25) is 15.1 Å². The molecule has 82 heavy (non-hydrogen) atoms. The monoisotopic (exact) mass is 1190 g/mol. The minimum atomic E-state index is -1.19. The topological polar surface area (TPSA) is 332 Å². The average Bonchev–Trinajstić information content (AvgIpc) is 4.30. The van der Waals surface area contributed by atoms with E-state index in [4.69, 9.17) is 66.3 Å². The lowest BCUT2D eigenvalue weighted by atomic mass is 10.00. The number of rotatable bonds is 18. The number of H-pyrrole nitrogens is 3. The first kappa shape index (κ1) is 61.9. The van der Waals surface area contributed by atoms with Gasteiger partial charge < -0.3 is 19.9 Å². The molecule has 0 atom stereocenters. The third-order valence-electron chi connectivity index (χ3n) is 11.1. The molecule has 6 aromatic carbocycles. The standard InChI is InChI=1S/C19H17ClN4O3.C18H16ClN5O3.C17H14Cl2O3.CH3N5/c1-19(2,16(25)11-17-21-23-24-22-17)27-15-9-5-13(6-10-15)18(26)12-3-7-14(20)8-4-12;1-18(2,16(26)20-17-21-23-24-22-17)27-14-9-5-12(6-10-14)15(25)11-3-7-13(19)8-4-11;1-17(2,16(19)21)22-14-9-5-12(6-10-14)15(20)11-3-7-13(18)8-4-11;2-1-3-5-6-4-1/h3-10H,11H2,1-2H3,(H,21,22,23,24);3-10H,1-2H3,(H2,20,21,22,23,24,26);3-10H,1-2H3;(H3,2,3,4,5,6). The third kappa shape index (κ3) is 18.4. The number of hydrogen-bond acceptors (Lipinski definition) is 19. The summed E-state index contributed by atoms with van der Waals surface area (Å²) in [5.74, 6) is 0.928. The molecule has 0 aliphatic rings. The maximum absolute atomic E-state index is 12.5. The summed E-state index contributed by atoms with van der Waals surface area (Å²) < 4.78 is 17.1. The summed E-state index contributed by atoms with van der Waals surface area (Å²) in [5, 5.41) is 41.9. The molecule has 9 aromatic rings. The molecule has 3 heterocycles. The van der Waals surface area contributed by atoms with E-state index in [1.54, 1.807) is 187 Å². The predicted octanol–water partition coefficient (Wildman–Crippen LogP) is 9.21. The highest BCUT2D eigenvalue weighted by Crippen LogP contribution is 2.26. The zero-order valence-corrected chi connectivity index (χ0v) is 47.4. The zero-order chi connectivity index (χ0) is 59.6. The molecule has 6 N–H and O–H groups in total. The van der Waals surface area contributed by atoms with E-state index in [0.717, 1.165) is 0 Å². The van der Waals surface area contributed by atoms with Crippen molar-refractivity contribution < 1.29 is 43.0 Å². The number of anilines is 2. The van der Waals surface area contributed by atoms with Gasteiger partial charge in [-0.1, -0.05) is 50.2 Å². The highest BCUT2D eigenvalue weighted by Gasteiger charge is 2.32. The maximum Gasteiger partial charge on any atom is 0.270 e. The Morgan fingerprint density at radius 2 is 0.780 bits per heavy atom. The Balaban J connectivity index is 0.000000189. The van der Waals surface area contributed by atoms with Gasteiger partial charge in [0.15, 0.2) is 45.8 Å². The summed E-state index contributed by atoms with van der Waals surface area (Å²) in [4.78, 5) is 73.2. The largest absolute Gasteiger partial charge is 0.480 e. The number of carbonyl (C=O) groups is 6. The molecule has 3 aromatic heterocycles. The third-order valence-corrected chi connectivity index (χ3v) is 12.3. The molecular weight excluding hydrogens is 1140 g/mol. The van der Waals surface area contributed by atoms with Crippen LogP contribution in [0.25, 0.3) is 0 Å². The number of carbonyl (C=O) groups excluding carboxylic acids is 6. The summed E-state index contributed by atoms with van der Waals surface area (Å²) in [6.45, 7) is 9.71. The van der Waals surface area contributed by atoms with Crippen molar-refractivity contribution in [2.45, 2.75) is 64.8 Å². The molecule has 0 saturated heterocycles. The van der Waals surface area contributed by atoms with Gasteiger partial charge in [-0.15, -0.1) is 20.4 Å². The van der Waals surface area contributed by atoms with Crippen LogP contribution in [0.4, 0.5) is 11.9 Å². The predicted molar refractivity (Wildman–Crippen MR) is 303 cm³/mol. The number of nitrogens with one attached hydrogen (secondary N) is 4. The van der Waals surface area contributed by atoms with E-state index in [0.29, 0.717) is 71.5 Å². The number of aromatic amines is 3. The van der Waals surface area contributed by atoms with Crippen molar-refractivity contribution in [3.63, 3.8) is 0 Å². The highest BCUT2D eigenvalue weighted by molar-refractivity contribution is 6.65. The lowest BCUT2D eigenvalue weighted by Gasteiger charge is -2.24. The van der Waals surface area contributed by atoms with Gasteiger partial charge in [0.25, 0.3) is 23.0 Å². The number of hydrogen-bond donors (Lipinski definition) is 5. The summed E-state index contributed by atoms with van der Waals surface area (Å²) >= 11 is 23.0. The summed E-state index contributed by atoms with van der Waals surface area (Å²) in [6, 6.07) is 39.7. The Labute approximate surface area is 487 Å². The Bertz CT molecular complexity index is 3400. The second kappa shape index (κ2) is 28.2. The van der Waals surface area contributed by atoms with E-state index in [9.17, 15) is 28.8 Å². The van der Waals surface area contributed by atoms with Crippen molar-refractivity contribution in [3.05, 3.63) is 200 Å². The fourth-order valence-electron chi connectivity index (χ4n) is 6.60. The van der Waals surface area contributed by atoms with Gasteiger partial charge in [-0.25, -0.2) is 0 Å². The fourth-order valence-corrected chi connectivity index (χ4v) is 7.02. The molecule has 422 valence electrons. The molecule has 0 spiro atoms. The summed E-state index contributed by atoms with van der Waals surface area (Å²) in [5.41, 5.74) is 4.73. The number of halogens is 4. The van der Waals surface area contributed by atoms with Crippen LogP contribution in [0.3, 0.4) is 0 Å². The first-order valence-corrected chi connectivity index (χ1v) is 25.7. The second-order valence-electron chi connectivity index (χ2n) is 18.6. The van der Waals surface area contributed by atoms with E-state index < -0.39 is 28.0 Å². The number of nitrogen functional groups attached to an aromatic ring is 1. The summed E-state index contributed by atoms with van der Waals surface area (Å²) in [6.07, 6.45) is 0.0106. The molecule has 27 heteroatoms. The van der Waals surface area contributed by atoms with Crippen LogP contribution in [0.15, 0.2) is 146 Å². The van der Waals surface area contributed by atoms with Gasteiger partial charge in [0.2, 0.25) is 0 Å². The van der Waals surface area contributed by atoms with Gasteiger partial charge in [0.1, 0.15) is 17.2 Å². The zero-order valence-electron chi connectivity index (χ0n) is 44.4. The van der Waals surface area contributed by atoms with E-state index >= 15 is 0 Å². The minimum absolute atomic E-state index is 0.0106. The fraction of sp³-hybridized carbons (Fsp3) is 0.182. The van der Waals surface area contributed by atoms with Gasteiger partial charge in [0.05, 0.1) is 6.42 Å². The minimum Gasteiger partial charge on any atom is -0.480 e. The molecule has 0 unspecified atom stereocenters. The maximum atomic E-state index is 12.5. The lowest BCUT2D eigenvalue weighted by Crippen LogP contribution is -2.42. The van der Waals surface area contributed by atoms with Gasteiger partial charge >= 0.3 is 0 Å².